The third-order valence-electron chi connectivity index (χ3n) is 5.38. The maximum atomic E-state index is 5.66. The molecular weight excluding hydrogens is 344 g/mol. The van der Waals surface area contributed by atoms with Gasteiger partial charge in [0.1, 0.15) is 5.69 Å². The summed E-state index contributed by atoms with van der Waals surface area (Å²) in [4.78, 5) is 3.71. The maximum absolute atomic E-state index is 5.66. The second-order valence-corrected chi connectivity index (χ2v) is 7.95. The Kier molecular flexibility index (Phi) is 5.22. The molecule has 0 bridgehead atoms. The standard InChI is InChI=1S/C20H26N4OS/c1-3-24-15(2)16(13-21-24)14-23-10-6-4-5-8-18(23)17-12-19(25-22-17)20-9-7-11-26-20/h7,9,11-13,18H,3-6,8,10,14H2,1-2H3/t18-/m1/s1. The van der Waals surface area contributed by atoms with Crippen LogP contribution in [0.15, 0.2) is 34.3 Å². The minimum absolute atomic E-state index is 0.319. The Labute approximate surface area is 158 Å². The van der Waals surface area contributed by atoms with Gasteiger partial charge in [-0.25, -0.2) is 0 Å². The molecule has 0 aliphatic carbocycles. The van der Waals surface area contributed by atoms with Crippen molar-refractivity contribution in [3.63, 3.8) is 0 Å². The molecular formula is C20H26N4OS. The lowest BCUT2D eigenvalue weighted by Crippen LogP contribution is -2.28. The quantitative estimate of drug-likeness (QED) is 0.631. The van der Waals surface area contributed by atoms with Crippen LogP contribution in [0.3, 0.4) is 0 Å². The third kappa shape index (κ3) is 3.48. The van der Waals surface area contributed by atoms with Crippen LogP contribution in [0.1, 0.15) is 55.6 Å². The zero-order chi connectivity index (χ0) is 17.9. The zero-order valence-corrected chi connectivity index (χ0v) is 16.3. The fraction of sp³-hybridized carbons (Fsp3) is 0.500. The van der Waals surface area contributed by atoms with Crippen LogP contribution in [0.25, 0.3) is 10.6 Å². The predicted molar refractivity (Wildman–Crippen MR) is 104 cm³/mol. The van der Waals surface area contributed by atoms with Crippen molar-refractivity contribution < 1.29 is 4.52 Å². The van der Waals surface area contributed by atoms with Crippen LogP contribution in [-0.2, 0) is 13.1 Å². The first-order valence-electron chi connectivity index (χ1n) is 9.52. The second kappa shape index (κ2) is 7.76. The molecule has 0 saturated carbocycles. The molecule has 0 aromatic carbocycles. The highest BCUT2D eigenvalue weighted by atomic mass is 32.1. The normalized spacial score (nSPS) is 18.9. The molecule has 26 heavy (non-hydrogen) atoms. The van der Waals surface area contributed by atoms with Crippen molar-refractivity contribution in [2.24, 2.45) is 0 Å². The average Bonchev–Trinajstić information content (AvgIpc) is 3.36. The first kappa shape index (κ1) is 17.5. The molecule has 138 valence electrons. The first-order valence-corrected chi connectivity index (χ1v) is 10.4. The van der Waals surface area contributed by atoms with Crippen LogP contribution in [0.5, 0.6) is 0 Å². The molecule has 4 rings (SSSR count). The molecule has 3 aromatic heterocycles. The van der Waals surface area contributed by atoms with Crippen LogP contribution >= 0.6 is 11.3 Å². The fourth-order valence-electron chi connectivity index (χ4n) is 3.85. The molecule has 0 amide bonds. The Morgan fingerprint density at radius 3 is 3.00 bits per heavy atom. The highest BCUT2D eigenvalue weighted by Gasteiger charge is 2.27. The summed E-state index contributed by atoms with van der Waals surface area (Å²) in [6, 6.07) is 6.59. The van der Waals surface area contributed by atoms with E-state index in [1.807, 2.05) is 12.3 Å². The number of thiophene rings is 1. The van der Waals surface area contributed by atoms with Gasteiger partial charge in [-0.15, -0.1) is 11.3 Å². The number of rotatable bonds is 5. The summed E-state index contributed by atoms with van der Waals surface area (Å²) in [7, 11) is 0. The summed E-state index contributed by atoms with van der Waals surface area (Å²) in [5.41, 5.74) is 3.66. The minimum atomic E-state index is 0.319. The molecule has 5 nitrogen and oxygen atoms in total. The lowest BCUT2D eigenvalue weighted by molar-refractivity contribution is 0.183. The largest absolute Gasteiger partial charge is 0.355 e. The van der Waals surface area contributed by atoms with E-state index in [0.29, 0.717) is 6.04 Å². The number of hydrogen-bond donors (Lipinski definition) is 0. The molecule has 0 radical (unpaired) electrons. The molecule has 0 spiro atoms. The van der Waals surface area contributed by atoms with Gasteiger partial charge in [0.05, 0.1) is 17.1 Å². The van der Waals surface area contributed by atoms with Gasteiger partial charge in [-0.3, -0.25) is 9.58 Å². The van der Waals surface area contributed by atoms with Crippen LogP contribution in [0.2, 0.25) is 0 Å². The number of aryl methyl sites for hydroxylation is 1. The highest BCUT2D eigenvalue weighted by Crippen LogP contribution is 2.34. The zero-order valence-electron chi connectivity index (χ0n) is 15.5. The molecule has 4 heterocycles. The van der Waals surface area contributed by atoms with Gasteiger partial charge in [0.25, 0.3) is 0 Å². The van der Waals surface area contributed by atoms with Gasteiger partial charge in [0.2, 0.25) is 0 Å². The molecule has 0 N–H and O–H groups in total. The second-order valence-electron chi connectivity index (χ2n) is 7.00. The Morgan fingerprint density at radius 1 is 1.31 bits per heavy atom. The molecule has 0 unspecified atom stereocenters. The summed E-state index contributed by atoms with van der Waals surface area (Å²) >= 11 is 1.69. The lowest BCUT2D eigenvalue weighted by atomic mass is 10.1. The van der Waals surface area contributed by atoms with E-state index in [4.69, 9.17) is 4.52 Å². The minimum Gasteiger partial charge on any atom is -0.355 e. The Hall–Kier alpha value is -1.92. The van der Waals surface area contributed by atoms with Crippen LogP contribution < -0.4 is 0 Å². The van der Waals surface area contributed by atoms with Crippen molar-refractivity contribution in [3.8, 4) is 10.6 Å². The Bertz CT molecular complexity index is 836. The van der Waals surface area contributed by atoms with E-state index < -0.39 is 0 Å². The third-order valence-corrected chi connectivity index (χ3v) is 6.26. The van der Waals surface area contributed by atoms with Gasteiger partial charge < -0.3 is 4.52 Å². The average molecular weight is 371 g/mol. The van der Waals surface area contributed by atoms with Crippen molar-refractivity contribution in [1.82, 2.24) is 19.8 Å². The van der Waals surface area contributed by atoms with Crippen molar-refractivity contribution in [1.29, 1.82) is 0 Å². The van der Waals surface area contributed by atoms with Gasteiger partial charge in [0.15, 0.2) is 5.76 Å². The molecule has 6 heteroatoms. The number of nitrogens with zero attached hydrogens (tertiary/aromatic N) is 4. The monoisotopic (exact) mass is 370 g/mol. The molecule has 1 aliphatic rings. The highest BCUT2D eigenvalue weighted by molar-refractivity contribution is 7.13. The summed E-state index contributed by atoms with van der Waals surface area (Å²) in [6.07, 6.45) is 6.94. The van der Waals surface area contributed by atoms with Gasteiger partial charge in [-0.1, -0.05) is 24.1 Å². The summed E-state index contributed by atoms with van der Waals surface area (Å²) < 4.78 is 7.74. The van der Waals surface area contributed by atoms with Crippen LogP contribution in [0, 0.1) is 6.92 Å². The van der Waals surface area contributed by atoms with Crippen molar-refractivity contribution >= 4 is 11.3 Å². The SMILES string of the molecule is CCn1ncc(CN2CCCCC[C@@H]2c2cc(-c3cccs3)on2)c1C. The van der Waals surface area contributed by atoms with Crippen molar-refractivity contribution in [2.75, 3.05) is 6.54 Å². The van der Waals surface area contributed by atoms with E-state index in [1.165, 1.54) is 30.5 Å². The van der Waals surface area contributed by atoms with E-state index in [-0.39, 0.29) is 0 Å². The Morgan fingerprint density at radius 2 is 2.23 bits per heavy atom. The number of likely N-dealkylation sites (tertiary alicyclic amines) is 1. The molecule has 3 aromatic rings. The molecule has 1 saturated heterocycles. The predicted octanol–water partition coefficient (Wildman–Crippen LogP) is 5.05. The topological polar surface area (TPSA) is 47.1 Å². The number of hydrogen-bond acceptors (Lipinski definition) is 5. The first-order chi connectivity index (χ1) is 12.8. The lowest BCUT2D eigenvalue weighted by Gasteiger charge is -2.28. The van der Waals surface area contributed by atoms with E-state index >= 15 is 0 Å². The molecule has 1 aliphatic heterocycles. The summed E-state index contributed by atoms with van der Waals surface area (Å²) in [6.45, 7) is 7.26. The van der Waals surface area contributed by atoms with Gasteiger partial charge in [-0.05, 0) is 44.7 Å². The summed E-state index contributed by atoms with van der Waals surface area (Å²) in [5.74, 6) is 0.884. The van der Waals surface area contributed by atoms with Crippen LogP contribution in [0.4, 0.5) is 0 Å². The molecule has 1 fully saturated rings. The summed E-state index contributed by atoms with van der Waals surface area (Å²) in [5, 5.41) is 11.0. The Balaban J connectivity index is 1.58. The van der Waals surface area contributed by atoms with Gasteiger partial charge in [0, 0.05) is 30.4 Å². The van der Waals surface area contributed by atoms with Gasteiger partial charge in [-0.2, -0.15) is 5.10 Å². The fourth-order valence-corrected chi connectivity index (χ4v) is 4.52. The van der Waals surface area contributed by atoms with Crippen molar-refractivity contribution in [2.45, 2.75) is 58.7 Å². The van der Waals surface area contributed by atoms with E-state index in [0.717, 1.165) is 42.4 Å². The van der Waals surface area contributed by atoms with E-state index in [1.54, 1.807) is 11.3 Å². The smallest absolute Gasteiger partial charge is 0.177 e. The molecule has 1 atom stereocenters. The van der Waals surface area contributed by atoms with Crippen molar-refractivity contribution in [3.05, 3.63) is 46.7 Å². The maximum Gasteiger partial charge on any atom is 0.177 e. The van der Waals surface area contributed by atoms with Gasteiger partial charge >= 0.3 is 0 Å². The van der Waals surface area contributed by atoms with E-state index in [9.17, 15) is 0 Å². The number of aromatic nitrogens is 3. The van der Waals surface area contributed by atoms with Crippen LogP contribution in [-0.4, -0.2) is 26.4 Å². The van der Waals surface area contributed by atoms with E-state index in [2.05, 4.69) is 51.2 Å².